The van der Waals surface area contributed by atoms with Gasteiger partial charge < -0.3 is 9.47 Å². The number of hydrazone groups is 1. The van der Waals surface area contributed by atoms with Crippen molar-refractivity contribution in [3.8, 4) is 11.5 Å². The molecule has 0 saturated heterocycles. The zero-order valence-electron chi connectivity index (χ0n) is 16.2. The van der Waals surface area contributed by atoms with E-state index in [4.69, 9.17) is 21.1 Å². The predicted molar refractivity (Wildman–Crippen MR) is 116 cm³/mol. The van der Waals surface area contributed by atoms with Crippen LogP contribution in [0.4, 0.5) is 0 Å². The van der Waals surface area contributed by atoms with Crippen molar-refractivity contribution in [3.05, 3.63) is 94.5 Å². The SMILES string of the molecule is CCOc1cc(/C=N/NC(=O)c2ccccc2Cl)ccc1OC(=O)c1ccccc1. The lowest BCUT2D eigenvalue weighted by atomic mass is 10.2. The van der Waals surface area contributed by atoms with Crippen molar-refractivity contribution < 1.29 is 19.1 Å². The van der Waals surface area contributed by atoms with Crippen molar-refractivity contribution in [2.45, 2.75) is 6.92 Å². The highest BCUT2D eigenvalue weighted by Crippen LogP contribution is 2.29. The maximum atomic E-state index is 12.3. The fraction of sp³-hybridized carbons (Fsp3) is 0.0870. The second-order valence-corrected chi connectivity index (χ2v) is 6.48. The van der Waals surface area contributed by atoms with Crippen LogP contribution in [0.15, 0.2) is 77.9 Å². The van der Waals surface area contributed by atoms with Crippen molar-refractivity contribution in [2.75, 3.05) is 6.61 Å². The number of nitrogens with one attached hydrogen (secondary N) is 1. The van der Waals surface area contributed by atoms with Gasteiger partial charge in [0, 0.05) is 0 Å². The zero-order valence-corrected chi connectivity index (χ0v) is 16.9. The number of carbonyl (C=O) groups is 2. The van der Waals surface area contributed by atoms with Crippen LogP contribution in [0.25, 0.3) is 0 Å². The third-order valence-electron chi connectivity index (χ3n) is 3.98. The van der Waals surface area contributed by atoms with Crippen LogP contribution in [-0.2, 0) is 0 Å². The molecule has 0 unspecified atom stereocenters. The van der Waals surface area contributed by atoms with Crippen LogP contribution in [-0.4, -0.2) is 24.7 Å². The first-order valence-electron chi connectivity index (χ1n) is 9.20. The second-order valence-electron chi connectivity index (χ2n) is 6.07. The Morgan fingerprint density at radius 2 is 1.73 bits per heavy atom. The van der Waals surface area contributed by atoms with Crippen LogP contribution in [0, 0.1) is 0 Å². The number of ether oxygens (including phenoxy) is 2. The number of hydrogen-bond donors (Lipinski definition) is 1. The van der Waals surface area contributed by atoms with Gasteiger partial charge in [0.15, 0.2) is 11.5 Å². The molecule has 30 heavy (non-hydrogen) atoms. The quantitative estimate of drug-likeness (QED) is 0.258. The lowest BCUT2D eigenvalue weighted by molar-refractivity contribution is 0.0728. The third-order valence-corrected chi connectivity index (χ3v) is 4.31. The third kappa shape index (κ3) is 5.46. The maximum absolute atomic E-state index is 12.3. The first-order valence-corrected chi connectivity index (χ1v) is 9.58. The normalized spacial score (nSPS) is 10.6. The number of amides is 1. The van der Waals surface area contributed by atoms with Crippen molar-refractivity contribution in [3.63, 3.8) is 0 Å². The molecule has 0 aliphatic rings. The van der Waals surface area contributed by atoms with Gasteiger partial charge in [0.1, 0.15) is 0 Å². The smallest absolute Gasteiger partial charge is 0.343 e. The molecule has 1 N–H and O–H groups in total. The van der Waals surface area contributed by atoms with E-state index in [0.717, 1.165) is 0 Å². The molecule has 7 heteroatoms. The number of rotatable bonds is 7. The Kier molecular flexibility index (Phi) is 7.19. The monoisotopic (exact) mass is 422 g/mol. The minimum Gasteiger partial charge on any atom is -0.490 e. The second kappa shape index (κ2) is 10.2. The molecule has 3 aromatic rings. The summed E-state index contributed by atoms with van der Waals surface area (Å²) in [6.07, 6.45) is 1.46. The molecule has 0 heterocycles. The molecule has 3 aromatic carbocycles. The average Bonchev–Trinajstić information content (AvgIpc) is 2.76. The molecule has 0 fully saturated rings. The van der Waals surface area contributed by atoms with Gasteiger partial charge in [-0.2, -0.15) is 5.10 Å². The Balaban J connectivity index is 1.71. The summed E-state index contributed by atoms with van der Waals surface area (Å²) in [6.45, 7) is 2.22. The first kappa shape index (κ1) is 21.1. The molecule has 0 bridgehead atoms. The fourth-order valence-corrected chi connectivity index (χ4v) is 2.78. The molecule has 1 amide bonds. The molecule has 0 atom stereocenters. The summed E-state index contributed by atoms with van der Waals surface area (Å²) in [5.41, 5.74) is 3.84. The van der Waals surface area contributed by atoms with Gasteiger partial charge in [0.05, 0.1) is 29.0 Å². The van der Waals surface area contributed by atoms with Gasteiger partial charge in [-0.05, 0) is 55.0 Å². The van der Waals surface area contributed by atoms with Crippen molar-refractivity contribution in [2.24, 2.45) is 5.10 Å². The Hall–Kier alpha value is -3.64. The number of nitrogens with zero attached hydrogens (tertiary/aromatic N) is 1. The van der Waals surface area contributed by atoms with E-state index in [1.807, 2.05) is 13.0 Å². The van der Waals surface area contributed by atoms with Crippen molar-refractivity contribution in [1.29, 1.82) is 0 Å². The highest BCUT2D eigenvalue weighted by Gasteiger charge is 2.13. The first-order chi connectivity index (χ1) is 14.6. The maximum Gasteiger partial charge on any atom is 0.343 e. The van der Waals surface area contributed by atoms with E-state index in [2.05, 4.69) is 10.5 Å². The van der Waals surface area contributed by atoms with Crippen LogP contribution in [0.3, 0.4) is 0 Å². The summed E-state index contributed by atoms with van der Waals surface area (Å²) in [7, 11) is 0. The minimum absolute atomic E-state index is 0.294. The van der Waals surface area contributed by atoms with Gasteiger partial charge in [-0.15, -0.1) is 0 Å². The van der Waals surface area contributed by atoms with E-state index in [0.29, 0.717) is 39.8 Å². The van der Waals surface area contributed by atoms with Crippen LogP contribution in [0.5, 0.6) is 11.5 Å². The van der Waals surface area contributed by atoms with Gasteiger partial charge >= 0.3 is 5.97 Å². The molecule has 6 nitrogen and oxygen atoms in total. The van der Waals surface area contributed by atoms with E-state index in [1.165, 1.54) is 6.21 Å². The van der Waals surface area contributed by atoms with Crippen LogP contribution < -0.4 is 14.9 Å². The van der Waals surface area contributed by atoms with Crippen molar-refractivity contribution >= 4 is 29.7 Å². The van der Waals surface area contributed by atoms with E-state index >= 15 is 0 Å². The molecule has 0 aromatic heterocycles. The summed E-state index contributed by atoms with van der Waals surface area (Å²) in [5, 5.41) is 4.29. The average molecular weight is 423 g/mol. The van der Waals surface area contributed by atoms with Gasteiger partial charge in [-0.3, -0.25) is 4.79 Å². The van der Waals surface area contributed by atoms with Gasteiger partial charge in [-0.1, -0.05) is 41.9 Å². The number of esters is 1. The fourth-order valence-electron chi connectivity index (χ4n) is 2.56. The molecule has 0 aliphatic carbocycles. The standard InChI is InChI=1S/C23H19ClN2O4/c1-2-29-21-14-16(15-25-26-22(27)18-10-6-7-11-19(18)24)12-13-20(21)30-23(28)17-8-4-3-5-9-17/h3-15H,2H2,1H3,(H,26,27)/b25-15+. The topological polar surface area (TPSA) is 77.0 Å². The number of carbonyl (C=O) groups excluding carboxylic acids is 2. The van der Waals surface area contributed by atoms with E-state index < -0.39 is 11.9 Å². The molecule has 3 rings (SSSR count). The highest BCUT2D eigenvalue weighted by molar-refractivity contribution is 6.33. The Morgan fingerprint density at radius 1 is 1.00 bits per heavy atom. The van der Waals surface area contributed by atoms with Gasteiger partial charge in [0.25, 0.3) is 5.91 Å². The summed E-state index contributed by atoms with van der Waals surface area (Å²) in [4.78, 5) is 24.4. The number of halogens is 1. The molecule has 152 valence electrons. The van der Waals surface area contributed by atoms with E-state index in [1.54, 1.807) is 66.7 Å². The summed E-state index contributed by atoms with van der Waals surface area (Å²) < 4.78 is 11.0. The molecule has 0 spiro atoms. The lowest BCUT2D eigenvalue weighted by Gasteiger charge is -2.11. The Labute approximate surface area is 179 Å². The van der Waals surface area contributed by atoms with Gasteiger partial charge in [-0.25, -0.2) is 10.2 Å². The van der Waals surface area contributed by atoms with Crippen LogP contribution in [0.1, 0.15) is 33.2 Å². The molecule has 0 radical (unpaired) electrons. The summed E-state index contributed by atoms with van der Waals surface area (Å²) in [5.74, 6) is -0.216. The molecule has 0 aliphatic heterocycles. The number of benzene rings is 3. The Morgan fingerprint density at radius 3 is 2.47 bits per heavy atom. The highest BCUT2D eigenvalue weighted by atomic mass is 35.5. The predicted octanol–water partition coefficient (Wildman–Crippen LogP) is 4.72. The van der Waals surface area contributed by atoms with Crippen LogP contribution in [0.2, 0.25) is 5.02 Å². The largest absolute Gasteiger partial charge is 0.490 e. The summed E-state index contributed by atoms with van der Waals surface area (Å²) in [6, 6.07) is 20.4. The van der Waals surface area contributed by atoms with Crippen LogP contribution >= 0.6 is 11.6 Å². The summed E-state index contributed by atoms with van der Waals surface area (Å²) >= 11 is 6.00. The Bertz CT molecular complexity index is 1070. The minimum atomic E-state index is -0.482. The van der Waals surface area contributed by atoms with Crippen molar-refractivity contribution in [1.82, 2.24) is 5.43 Å². The lowest BCUT2D eigenvalue weighted by Crippen LogP contribution is -2.17. The molecule has 0 saturated carbocycles. The zero-order chi connectivity index (χ0) is 21.3. The molecular weight excluding hydrogens is 404 g/mol. The van der Waals surface area contributed by atoms with E-state index in [-0.39, 0.29) is 0 Å². The van der Waals surface area contributed by atoms with E-state index in [9.17, 15) is 9.59 Å². The molecular formula is C23H19ClN2O4. The van der Waals surface area contributed by atoms with Gasteiger partial charge in [0.2, 0.25) is 0 Å². The number of hydrogen-bond acceptors (Lipinski definition) is 5.